The van der Waals surface area contributed by atoms with Crippen LogP contribution in [0, 0.1) is 0 Å². The lowest BCUT2D eigenvalue weighted by molar-refractivity contribution is 0.468. The Kier molecular flexibility index (Phi) is 4.27. The molecule has 0 aromatic heterocycles. The van der Waals surface area contributed by atoms with Crippen molar-refractivity contribution in [2.24, 2.45) is 0 Å². The van der Waals surface area contributed by atoms with Gasteiger partial charge in [-0.05, 0) is 42.3 Å². The van der Waals surface area contributed by atoms with Crippen LogP contribution < -0.4 is 19.7 Å². The highest BCUT2D eigenvalue weighted by molar-refractivity contribution is 7.85. The minimum Gasteiger partial charge on any atom is -0.439 e. The van der Waals surface area contributed by atoms with Gasteiger partial charge in [-0.25, -0.2) is 0 Å². The second kappa shape index (κ2) is 6.97. The van der Waals surface area contributed by atoms with E-state index >= 15 is 0 Å². The monoisotopic (exact) mass is 458 g/mol. The highest BCUT2D eigenvalue weighted by atomic mass is 31.2. The van der Waals surface area contributed by atoms with E-state index in [2.05, 4.69) is 0 Å². The first-order valence-corrected chi connectivity index (χ1v) is 13.9. The molecule has 0 radical (unpaired) electrons. The fraction of sp³-hybridized carbons (Fsp3) is 0.0769. The first kappa shape index (κ1) is 19.6. The van der Waals surface area contributed by atoms with Crippen LogP contribution in [-0.4, -0.2) is 5.40 Å². The van der Waals surface area contributed by atoms with E-state index in [-0.39, 0.29) is 0 Å². The van der Waals surface area contributed by atoms with Crippen LogP contribution in [0.1, 0.15) is 6.92 Å². The molecule has 0 saturated heterocycles. The predicted molar refractivity (Wildman–Crippen MR) is 129 cm³/mol. The van der Waals surface area contributed by atoms with Crippen LogP contribution in [0.5, 0.6) is 11.5 Å². The number of rotatable bonds is 2. The fourth-order valence-electron chi connectivity index (χ4n) is 4.63. The second-order valence-electron chi connectivity index (χ2n) is 8.04. The van der Waals surface area contributed by atoms with Crippen molar-refractivity contribution in [3.8, 4) is 33.8 Å². The summed E-state index contributed by atoms with van der Waals surface area (Å²) in [4.78, 5) is 0. The molecule has 2 atom stereocenters. The molecule has 0 aliphatic carbocycles. The van der Waals surface area contributed by atoms with Gasteiger partial charge >= 0.3 is 0 Å². The molecule has 6 rings (SSSR count). The van der Waals surface area contributed by atoms with E-state index in [4.69, 9.17) is 9.05 Å². The molecule has 0 bridgehead atoms. The van der Waals surface area contributed by atoms with E-state index in [1.54, 1.807) is 6.92 Å². The Morgan fingerprint density at radius 3 is 1.31 bits per heavy atom. The quantitative estimate of drug-likeness (QED) is 0.315. The molecule has 4 nitrogen and oxygen atoms in total. The van der Waals surface area contributed by atoms with Gasteiger partial charge in [0.05, 0.1) is 10.6 Å². The van der Waals surface area contributed by atoms with Crippen LogP contribution in [0.4, 0.5) is 0 Å². The number of fused-ring (bicyclic) bond motifs is 6. The number of hydrogen-bond acceptors (Lipinski definition) is 4. The molecule has 158 valence electrons. The molecule has 6 heteroatoms. The zero-order chi connectivity index (χ0) is 21.9. The van der Waals surface area contributed by atoms with Gasteiger partial charge in [-0.2, -0.15) is 0 Å². The fourth-order valence-corrected chi connectivity index (χ4v) is 11.1. The lowest BCUT2D eigenvalue weighted by Crippen LogP contribution is -2.30. The first-order chi connectivity index (χ1) is 15.5. The van der Waals surface area contributed by atoms with Gasteiger partial charge in [0.1, 0.15) is 16.9 Å². The van der Waals surface area contributed by atoms with Crippen molar-refractivity contribution in [2.45, 2.75) is 12.3 Å². The largest absolute Gasteiger partial charge is 0.439 e. The molecule has 4 aromatic carbocycles. The molecule has 0 spiro atoms. The summed E-state index contributed by atoms with van der Waals surface area (Å²) >= 11 is 0. The molecule has 0 N–H and O–H groups in total. The normalized spacial score (nSPS) is 23.4. The molecule has 2 heterocycles. The highest BCUT2D eigenvalue weighted by Gasteiger charge is 2.53. The van der Waals surface area contributed by atoms with Crippen molar-refractivity contribution in [3.63, 3.8) is 0 Å². The Morgan fingerprint density at radius 1 is 0.531 bits per heavy atom. The summed E-state index contributed by atoms with van der Waals surface area (Å²) in [5.74, 6) is 1.08. The van der Waals surface area contributed by atoms with Crippen molar-refractivity contribution in [1.29, 1.82) is 0 Å². The predicted octanol–water partition coefficient (Wildman–Crippen LogP) is 6.66. The van der Waals surface area contributed by atoms with E-state index in [9.17, 15) is 9.13 Å². The van der Waals surface area contributed by atoms with Crippen LogP contribution in [0.2, 0.25) is 0 Å². The Labute approximate surface area is 186 Å². The third kappa shape index (κ3) is 2.64. The number of para-hydroxylation sites is 2. The molecule has 4 aromatic rings. The number of hydrogen-bond donors (Lipinski definition) is 0. The maximum atomic E-state index is 14.7. The van der Waals surface area contributed by atoms with Crippen molar-refractivity contribution in [3.05, 3.63) is 97.1 Å². The van der Waals surface area contributed by atoms with Gasteiger partial charge in [0.25, 0.3) is 14.7 Å². The third-order valence-corrected chi connectivity index (χ3v) is 13.1. The Bertz CT molecular complexity index is 1370. The Hall–Kier alpha value is -3.06. The smallest absolute Gasteiger partial charge is 0.291 e. The first-order valence-electron chi connectivity index (χ1n) is 10.5. The molecule has 2 unspecified atom stereocenters. The maximum absolute atomic E-state index is 14.7. The summed E-state index contributed by atoms with van der Waals surface area (Å²) in [5.41, 5.74) is 3.47. The third-order valence-electron chi connectivity index (χ3n) is 6.29. The van der Waals surface area contributed by atoms with Crippen LogP contribution in [0.3, 0.4) is 0 Å². The SMILES string of the molecule is CC(P1(=O)Oc2ccccc2-c2ccccc21)P1(=O)Oc2ccccc2-c2ccccc21. The molecule has 0 saturated carbocycles. The van der Waals surface area contributed by atoms with E-state index in [1.807, 2.05) is 97.1 Å². The van der Waals surface area contributed by atoms with Crippen molar-refractivity contribution in [1.82, 2.24) is 0 Å². The van der Waals surface area contributed by atoms with E-state index in [0.717, 1.165) is 22.3 Å². The Morgan fingerprint density at radius 2 is 0.875 bits per heavy atom. The average molecular weight is 458 g/mol. The van der Waals surface area contributed by atoms with Gasteiger partial charge in [0.15, 0.2) is 0 Å². The van der Waals surface area contributed by atoms with Gasteiger partial charge in [-0.1, -0.05) is 72.8 Å². The van der Waals surface area contributed by atoms with E-state index < -0.39 is 20.1 Å². The maximum Gasteiger partial charge on any atom is 0.291 e. The zero-order valence-electron chi connectivity index (χ0n) is 17.3. The molecular formula is C26H20O4P2. The van der Waals surface area contributed by atoms with Crippen molar-refractivity contribution in [2.75, 3.05) is 0 Å². The summed E-state index contributed by atoms with van der Waals surface area (Å²) in [5, 5.41) is 0.293. The summed E-state index contributed by atoms with van der Waals surface area (Å²) in [7, 11) is -7.23. The van der Waals surface area contributed by atoms with Crippen LogP contribution in [0.15, 0.2) is 97.1 Å². The molecule has 2 aliphatic rings. The average Bonchev–Trinajstić information content (AvgIpc) is 2.84. The summed E-state index contributed by atoms with van der Waals surface area (Å²) in [6, 6.07) is 30.1. The molecule has 2 aliphatic heterocycles. The summed E-state index contributed by atoms with van der Waals surface area (Å²) < 4.78 is 41.8. The highest BCUT2D eigenvalue weighted by Crippen LogP contribution is 2.71. The standard InChI is InChI=1S/C26H20O4P2/c1-18(31(27)25-16-8-4-12-21(25)19-10-2-6-14-23(19)29-31)32(28)26-17-9-5-13-22(26)20-11-3-7-15-24(20)30-32/h2-18H,1H3. The molecule has 0 amide bonds. The molecular weight excluding hydrogens is 438 g/mol. The minimum atomic E-state index is -3.62. The molecule has 32 heavy (non-hydrogen) atoms. The minimum absolute atomic E-state index is 0.540. The molecule has 0 fully saturated rings. The van der Waals surface area contributed by atoms with Gasteiger partial charge in [0, 0.05) is 11.1 Å². The summed E-state index contributed by atoms with van der Waals surface area (Å²) in [6.45, 7) is 1.73. The van der Waals surface area contributed by atoms with Gasteiger partial charge in [0.2, 0.25) is 0 Å². The van der Waals surface area contributed by atoms with Crippen LogP contribution in [0.25, 0.3) is 22.3 Å². The number of benzene rings is 4. The Balaban J connectivity index is 1.57. The van der Waals surface area contributed by atoms with E-state index in [1.165, 1.54) is 0 Å². The van der Waals surface area contributed by atoms with Gasteiger partial charge in [-0.3, -0.25) is 9.13 Å². The summed E-state index contributed by atoms with van der Waals surface area (Å²) in [6.07, 6.45) is 0. The van der Waals surface area contributed by atoms with E-state index in [0.29, 0.717) is 22.1 Å². The van der Waals surface area contributed by atoms with Crippen LogP contribution in [-0.2, 0) is 9.13 Å². The topological polar surface area (TPSA) is 52.6 Å². The van der Waals surface area contributed by atoms with Crippen LogP contribution >= 0.6 is 14.7 Å². The zero-order valence-corrected chi connectivity index (χ0v) is 19.1. The van der Waals surface area contributed by atoms with Crippen molar-refractivity contribution >= 4 is 25.3 Å². The van der Waals surface area contributed by atoms with Gasteiger partial charge < -0.3 is 9.05 Å². The lowest BCUT2D eigenvalue weighted by atomic mass is 10.0. The van der Waals surface area contributed by atoms with Gasteiger partial charge in [-0.15, -0.1) is 0 Å². The second-order valence-corrected chi connectivity index (χ2v) is 13.7. The lowest BCUT2D eigenvalue weighted by Gasteiger charge is -2.38. The van der Waals surface area contributed by atoms with Crippen molar-refractivity contribution < 1.29 is 18.2 Å².